The smallest absolute Gasteiger partial charge is 0.315 e. The maximum atomic E-state index is 11.8. The number of benzene rings is 1. The third kappa shape index (κ3) is 2.79. The van der Waals surface area contributed by atoms with Crippen LogP contribution < -0.4 is 9.47 Å². The molecule has 8 nitrogen and oxygen atoms in total. The topological polar surface area (TPSA) is 111 Å². The van der Waals surface area contributed by atoms with Gasteiger partial charge >= 0.3 is 5.69 Å². The van der Waals surface area contributed by atoms with Crippen LogP contribution in [0.25, 0.3) is 0 Å². The van der Waals surface area contributed by atoms with E-state index >= 15 is 0 Å². The minimum absolute atomic E-state index is 0.0281. The van der Waals surface area contributed by atoms with Crippen LogP contribution in [0.2, 0.25) is 0 Å². The van der Waals surface area contributed by atoms with Crippen LogP contribution in [-0.2, 0) is 0 Å². The van der Waals surface area contributed by atoms with Crippen molar-refractivity contribution in [1.29, 1.82) is 0 Å². The quantitative estimate of drug-likeness (QED) is 0.285. The molecule has 1 aromatic carbocycles. The summed E-state index contributed by atoms with van der Waals surface area (Å²) in [5, 5.41) is 22.3. The van der Waals surface area contributed by atoms with Gasteiger partial charge in [0, 0.05) is 11.6 Å². The zero-order valence-electron chi connectivity index (χ0n) is 10.5. The lowest BCUT2D eigenvalue weighted by molar-refractivity contribution is -0.385. The van der Waals surface area contributed by atoms with Gasteiger partial charge in [-0.25, -0.2) is 0 Å². The summed E-state index contributed by atoms with van der Waals surface area (Å²) < 4.78 is 9.84. The van der Waals surface area contributed by atoms with Gasteiger partial charge in [0.2, 0.25) is 11.5 Å². The molecule has 0 saturated carbocycles. The summed E-state index contributed by atoms with van der Waals surface area (Å²) in [5.41, 5.74) is -0.628. The fourth-order valence-electron chi connectivity index (χ4n) is 1.47. The molecule has 0 amide bonds. The fourth-order valence-corrected chi connectivity index (χ4v) is 1.47. The number of carbonyl (C=O) groups is 1. The van der Waals surface area contributed by atoms with E-state index in [1.165, 1.54) is 27.2 Å². The van der Waals surface area contributed by atoms with Gasteiger partial charge in [-0.05, 0) is 13.0 Å². The van der Waals surface area contributed by atoms with Crippen LogP contribution in [-0.4, -0.2) is 35.8 Å². The van der Waals surface area contributed by atoms with Crippen molar-refractivity contribution in [3.05, 3.63) is 27.8 Å². The second-order valence-electron chi connectivity index (χ2n) is 3.50. The number of nitro groups is 1. The SMILES string of the molecule is COc1cc(C(=O)/C(C)=N/O)cc([N+](=O)[O-])c1OC. The molecule has 0 heterocycles. The minimum Gasteiger partial charge on any atom is -0.493 e. The average molecular weight is 268 g/mol. The number of ether oxygens (including phenoxy) is 2. The third-order valence-corrected chi connectivity index (χ3v) is 2.40. The molecule has 0 bridgehead atoms. The molecule has 0 spiro atoms. The van der Waals surface area contributed by atoms with Crippen LogP contribution in [0.3, 0.4) is 0 Å². The molecule has 0 atom stereocenters. The summed E-state index contributed by atoms with van der Waals surface area (Å²) in [7, 11) is 2.55. The van der Waals surface area contributed by atoms with Crippen molar-refractivity contribution in [1.82, 2.24) is 0 Å². The predicted molar refractivity (Wildman–Crippen MR) is 65.4 cm³/mol. The Hall–Kier alpha value is -2.64. The molecule has 1 aromatic rings. The molecule has 0 fully saturated rings. The van der Waals surface area contributed by atoms with E-state index in [1.54, 1.807) is 0 Å². The molecule has 8 heteroatoms. The van der Waals surface area contributed by atoms with Crippen LogP contribution >= 0.6 is 0 Å². The van der Waals surface area contributed by atoms with E-state index in [0.717, 1.165) is 6.07 Å². The summed E-state index contributed by atoms with van der Waals surface area (Å²) in [6.45, 7) is 1.28. The second kappa shape index (κ2) is 5.80. The van der Waals surface area contributed by atoms with Crippen LogP contribution in [0, 0.1) is 10.1 Å². The van der Waals surface area contributed by atoms with E-state index in [0.29, 0.717) is 0 Å². The highest BCUT2D eigenvalue weighted by Crippen LogP contribution is 2.38. The molecule has 0 radical (unpaired) electrons. The zero-order valence-corrected chi connectivity index (χ0v) is 10.5. The second-order valence-corrected chi connectivity index (χ2v) is 3.50. The van der Waals surface area contributed by atoms with Crippen molar-refractivity contribution in [3.8, 4) is 11.5 Å². The van der Waals surface area contributed by atoms with Crippen LogP contribution in [0.4, 0.5) is 5.69 Å². The number of methoxy groups -OCH3 is 2. The van der Waals surface area contributed by atoms with Gasteiger partial charge < -0.3 is 14.7 Å². The molecule has 19 heavy (non-hydrogen) atoms. The molecule has 0 saturated heterocycles. The zero-order chi connectivity index (χ0) is 14.6. The molecular formula is C11H12N2O6. The van der Waals surface area contributed by atoms with Gasteiger partial charge in [0.25, 0.3) is 0 Å². The Morgan fingerprint density at radius 1 is 1.37 bits per heavy atom. The van der Waals surface area contributed by atoms with Crippen molar-refractivity contribution < 1.29 is 24.4 Å². The van der Waals surface area contributed by atoms with Crippen LogP contribution in [0.15, 0.2) is 17.3 Å². The summed E-state index contributed by atoms with van der Waals surface area (Å²) in [5.74, 6) is -0.681. The Balaban J connectivity index is 3.49. The first-order chi connectivity index (χ1) is 8.96. The Bertz CT molecular complexity index is 552. The first kappa shape index (κ1) is 14.4. The highest BCUT2D eigenvalue weighted by atomic mass is 16.6. The average Bonchev–Trinajstić information content (AvgIpc) is 2.43. The summed E-state index contributed by atoms with van der Waals surface area (Å²) in [6.07, 6.45) is 0. The van der Waals surface area contributed by atoms with Gasteiger partial charge in [0.15, 0.2) is 5.75 Å². The minimum atomic E-state index is -0.691. The predicted octanol–water partition coefficient (Wildman–Crippen LogP) is 1.64. The molecule has 0 aliphatic rings. The molecule has 0 aliphatic heterocycles. The number of nitrogens with zero attached hydrogens (tertiary/aromatic N) is 2. The molecular weight excluding hydrogens is 256 g/mol. The largest absolute Gasteiger partial charge is 0.493 e. The maximum Gasteiger partial charge on any atom is 0.315 e. The molecule has 0 unspecified atom stereocenters. The van der Waals surface area contributed by atoms with Crippen molar-refractivity contribution in [2.75, 3.05) is 14.2 Å². The number of hydrogen-bond donors (Lipinski definition) is 1. The summed E-state index contributed by atoms with van der Waals surface area (Å²) in [4.78, 5) is 22.1. The fraction of sp³-hybridized carbons (Fsp3) is 0.273. The van der Waals surface area contributed by atoms with E-state index < -0.39 is 16.4 Å². The van der Waals surface area contributed by atoms with E-state index in [-0.39, 0.29) is 22.8 Å². The standard InChI is InChI=1S/C11H12N2O6/c1-6(12-15)10(14)7-4-8(13(16)17)11(19-3)9(5-7)18-2/h4-5,15H,1-3H3/b12-6+. The Labute approximate surface area is 108 Å². The van der Waals surface area contributed by atoms with Crippen molar-refractivity contribution in [2.45, 2.75) is 6.92 Å². The van der Waals surface area contributed by atoms with Gasteiger partial charge in [-0.15, -0.1) is 0 Å². The van der Waals surface area contributed by atoms with Gasteiger partial charge in [-0.2, -0.15) is 0 Å². The molecule has 1 rings (SSSR count). The normalized spacial score (nSPS) is 11.0. The number of oxime groups is 1. The Morgan fingerprint density at radius 3 is 2.42 bits per heavy atom. The number of nitro benzene ring substituents is 1. The van der Waals surface area contributed by atoms with Crippen molar-refractivity contribution in [3.63, 3.8) is 0 Å². The highest BCUT2D eigenvalue weighted by Gasteiger charge is 2.24. The van der Waals surface area contributed by atoms with Gasteiger partial charge in [-0.1, -0.05) is 5.16 Å². The highest BCUT2D eigenvalue weighted by molar-refractivity contribution is 6.45. The lowest BCUT2D eigenvalue weighted by Gasteiger charge is -2.09. The number of rotatable bonds is 5. The first-order valence-electron chi connectivity index (χ1n) is 5.10. The van der Waals surface area contributed by atoms with Crippen molar-refractivity contribution in [2.24, 2.45) is 5.16 Å². The molecule has 1 N–H and O–H groups in total. The van der Waals surface area contributed by atoms with E-state index in [9.17, 15) is 14.9 Å². The molecule has 0 aliphatic carbocycles. The number of Topliss-reactive ketones (excluding diaryl/α,β-unsaturated/α-hetero) is 1. The van der Waals surface area contributed by atoms with Crippen molar-refractivity contribution >= 4 is 17.2 Å². The van der Waals surface area contributed by atoms with Gasteiger partial charge in [0.1, 0.15) is 5.71 Å². The van der Waals surface area contributed by atoms with E-state index in [1.807, 2.05) is 0 Å². The van der Waals surface area contributed by atoms with Gasteiger partial charge in [-0.3, -0.25) is 14.9 Å². The lowest BCUT2D eigenvalue weighted by Crippen LogP contribution is -2.11. The van der Waals surface area contributed by atoms with E-state index in [2.05, 4.69) is 5.16 Å². The molecule has 0 aromatic heterocycles. The van der Waals surface area contributed by atoms with Gasteiger partial charge in [0.05, 0.1) is 19.1 Å². The third-order valence-electron chi connectivity index (χ3n) is 2.40. The first-order valence-corrected chi connectivity index (χ1v) is 5.10. The number of ketones is 1. The monoisotopic (exact) mass is 268 g/mol. The molecule has 102 valence electrons. The Kier molecular flexibility index (Phi) is 4.41. The summed E-state index contributed by atoms with van der Waals surface area (Å²) in [6, 6.07) is 2.32. The van der Waals surface area contributed by atoms with Crippen LogP contribution in [0.1, 0.15) is 17.3 Å². The maximum absolute atomic E-state index is 11.8. The number of hydrogen-bond acceptors (Lipinski definition) is 7. The van der Waals surface area contributed by atoms with E-state index in [4.69, 9.17) is 14.7 Å². The number of carbonyl (C=O) groups excluding carboxylic acids is 1. The Morgan fingerprint density at radius 2 is 2.00 bits per heavy atom. The summed E-state index contributed by atoms with van der Waals surface area (Å²) >= 11 is 0. The lowest BCUT2D eigenvalue weighted by atomic mass is 10.1. The van der Waals surface area contributed by atoms with Crippen LogP contribution in [0.5, 0.6) is 11.5 Å².